The molecule has 0 saturated heterocycles. The molecule has 0 heterocycles. The van der Waals surface area contributed by atoms with E-state index < -0.39 is 29.0 Å². The minimum atomic E-state index is -1.12. The molecule has 94 valence electrons. The van der Waals surface area contributed by atoms with Gasteiger partial charge in [0.1, 0.15) is 17.3 Å². The third kappa shape index (κ3) is 2.53. The third-order valence-electron chi connectivity index (χ3n) is 2.20. The summed E-state index contributed by atoms with van der Waals surface area (Å²) in [6.45, 7) is 0. The smallest absolute Gasteiger partial charge is 0.152 e. The Morgan fingerprint density at radius 3 is 1.89 bits per heavy atom. The van der Waals surface area contributed by atoms with E-state index in [1.54, 1.807) is 0 Å². The van der Waals surface area contributed by atoms with E-state index in [1.165, 1.54) is 6.07 Å². The van der Waals surface area contributed by atoms with Gasteiger partial charge in [0.2, 0.25) is 0 Å². The first-order chi connectivity index (χ1) is 8.45. The Labute approximate surface area is 100 Å². The normalized spacial score (nSPS) is 10.4. The van der Waals surface area contributed by atoms with Crippen LogP contribution >= 0.6 is 0 Å². The van der Waals surface area contributed by atoms with Crippen LogP contribution in [0.5, 0.6) is 0 Å². The maximum absolute atomic E-state index is 13.3. The van der Waals surface area contributed by atoms with Crippen LogP contribution in [-0.2, 0) is 0 Å². The van der Waals surface area contributed by atoms with E-state index in [0.717, 1.165) is 12.1 Å². The fourth-order valence-electron chi connectivity index (χ4n) is 1.49. The molecule has 2 aromatic rings. The minimum absolute atomic E-state index is 0.0666. The highest BCUT2D eigenvalue weighted by atomic mass is 19.1. The molecule has 2 rings (SSSR count). The molecule has 0 bridgehead atoms. The number of nitrogen functional groups attached to an aromatic ring is 1. The fourth-order valence-corrected chi connectivity index (χ4v) is 1.49. The average Bonchev–Trinajstić information content (AvgIpc) is 2.22. The summed E-state index contributed by atoms with van der Waals surface area (Å²) in [5.74, 6) is -3.92. The molecule has 0 aromatic heterocycles. The van der Waals surface area contributed by atoms with Crippen molar-refractivity contribution in [2.24, 2.45) is 0 Å². The maximum Gasteiger partial charge on any atom is 0.152 e. The van der Waals surface area contributed by atoms with Gasteiger partial charge in [-0.3, -0.25) is 0 Å². The number of benzene rings is 2. The van der Waals surface area contributed by atoms with Crippen molar-refractivity contribution in [3.8, 4) is 0 Å². The van der Waals surface area contributed by atoms with Crippen LogP contribution in [0, 0.1) is 23.3 Å². The number of halogens is 4. The molecule has 0 aliphatic rings. The van der Waals surface area contributed by atoms with Crippen LogP contribution < -0.4 is 11.1 Å². The summed E-state index contributed by atoms with van der Waals surface area (Å²) in [4.78, 5) is 0. The van der Waals surface area contributed by atoms with E-state index in [2.05, 4.69) is 5.32 Å². The largest absolute Gasteiger partial charge is 0.399 e. The van der Waals surface area contributed by atoms with Gasteiger partial charge >= 0.3 is 0 Å². The Morgan fingerprint density at radius 2 is 1.33 bits per heavy atom. The van der Waals surface area contributed by atoms with Gasteiger partial charge in [0.15, 0.2) is 11.6 Å². The molecular weight excluding hydrogens is 248 g/mol. The SMILES string of the molecule is Nc1cc(F)cc(Nc2c(F)cc(F)cc2F)c1. The van der Waals surface area contributed by atoms with Crippen molar-refractivity contribution in [1.29, 1.82) is 0 Å². The van der Waals surface area contributed by atoms with Crippen LogP contribution in [0.4, 0.5) is 34.6 Å². The van der Waals surface area contributed by atoms with Gasteiger partial charge in [0.05, 0.1) is 0 Å². The lowest BCUT2D eigenvalue weighted by molar-refractivity contribution is 0.549. The van der Waals surface area contributed by atoms with Crippen LogP contribution in [0.1, 0.15) is 0 Å². The van der Waals surface area contributed by atoms with Gasteiger partial charge in [-0.25, -0.2) is 17.6 Å². The first-order valence-corrected chi connectivity index (χ1v) is 4.93. The zero-order valence-corrected chi connectivity index (χ0v) is 8.98. The summed E-state index contributed by atoms with van der Waals surface area (Å²) in [6, 6.07) is 4.41. The van der Waals surface area contributed by atoms with Crippen molar-refractivity contribution in [1.82, 2.24) is 0 Å². The Kier molecular flexibility index (Phi) is 3.10. The van der Waals surface area contributed by atoms with E-state index in [9.17, 15) is 17.6 Å². The number of anilines is 3. The quantitative estimate of drug-likeness (QED) is 0.636. The van der Waals surface area contributed by atoms with E-state index in [4.69, 9.17) is 5.73 Å². The lowest BCUT2D eigenvalue weighted by Crippen LogP contribution is -2.00. The fraction of sp³-hybridized carbons (Fsp3) is 0. The highest BCUT2D eigenvalue weighted by molar-refractivity contribution is 5.64. The number of hydrogen-bond acceptors (Lipinski definition) is 2. The summed E-state index contributed by atoms with van der Waals surface area (Å²) in [6.07, 6.45) is 0. The Morgan fingerprint density at radius 1 is 0.778 bits per heavy atom. The molecule has 0 radical (unpaired) electrons. The van der Waals surface area contributed by atoms with Crippen molar-refractivity contribution >= 4 is 17.1 Å². The van der Waals surface area contributed by atoms with Crippen molar-refractivity contribution in [3.05, 3.63) is 53.6 Å². The Balaban J connectivity index is 2.40. The van der Waals surface area contributed by atoms with Gasteiger partial charge in [-0.05, 0) is 18.2 Å². The molecule has 0 atom stereocenters. The number of rotatable bonds is 2. The second-order valence-corrected chi connectivity index (χ2v) is 3.64. The molecule has 0 aliphatic carbocycles. The van der Waals surface area contributed by atoms with Crippen LogP contribution in [-0.4, -0.2) is 0 Å². The van der Waals surface area contributed by atoms with Crippen LogP contribution in [0.3, 0.4) is 0 Å². The summed E-state index contributed by atoms with van der Waals surface area (Å²) >= 11 is 0. The summed E-state index contributed by atoms with van der Waals surface area (Å²) in [5.41, 5.74) is 4.98. The third-order valence-corrected chi connectivity index (χ3v) is 2.20. The van der Waals surface area contributed by atoms with E-state index in [0.29, 0.717) is 12.1 Å². The number of hydrogen-bond donors (Lipinski definition) is 2. The molecule has 0 fully saturated rings. The second kappa shape index (κ2) is 4.56. The number of nitrogens with one attached hydrogen (secondary N) is 1. The van der Waals surface area contributed by atoms with Gasteiger partial charge in [-0.2, -0.15) is 0 Å². The van der Waals surface area contributed by atoms with Gasteiger partial charge in [-0.15, -0.1) is 0 Å². The summed E-state index contributed by atoms with van der Waals surface area (Å²) in [7, 11) is 0. The first kappa shape index (κ1) is 12.2. The van der Waals surface area contributed by atoms with Crippen LogP contribution in [0.15, 0.2) is 30.3 Å². The molecule has 0 saturated carbocycles. The average molecular weight is 256 g/mol. The zero-order chi connectivity index (χ0) is 13.3. The molecule has 0 spiro atoms. The standard InChI is InChI=1S/C12H8F4N2/c13-6-1-8(17)5-9(2-6)18-12-10(15)3-7(14)4-11(12)16/h1-5,18H,17H2. The second-order valence-electron chi connectivity index (χ2n) is 3.64. The zero-order valence-electron chi connectivity index (χ0n) is 8.98. The van der Waals surface area contributed by atoms with Gasteiger partial charge in [-0.1, -0.05) is 0 Å². The molecule has 0 amide bonds. The summed E-state index contributed by atoms with van der Waals surface area (Å²) in [5, 5.41) is 2.31. The lowest BCUT2D eigenvalue weighted by Gasteiger charge is -2.09. The minimum Gasteiger partial charge on any atom is -0.399 e. The van der Waals surface area contributed by atoms with E-state index >= 15 is 0 Å². The van der Waals surface area contributed by atoms with E-state index in [-0.39, 0.29) is 11.4 Å². The van der Waals surface area contributed by atoms with Crippen molar-refractivity contribution < 1.29 is 17.6 Å². The van der Waals surface area contributed by atoms with Crippen molar-refractivity contribution in [2.45, 2.75) is 0 Å². The van der Waals surface area contributed by atoms with Crippen molar-refractivity contribution in [3.63, 3.8) is 0 Å². The molecule has 0 unspecified atom stereocenters. The highest BCUT2D eigenvalue weighted by Gasteiger charge is 2.12. The summed E-state index contributed by atoms with van der Waals surface area (Å²) < 4.78 is 52.4. The van der Waals surface area contributed by atoms with Gasteiger partial charge in [0, 0.05) is 23.5 Å². The lowest BCUT2D eigenvalue weighted by atomic mass is 10.2. The van der Waals surface area contributed by atoms with Gasteiger partial charge < -0.3 is 11.1 Å². The highest BCUT2D eigenvalue weighted by Crippen LogP contribution is 2.26. The van der Waals surface area contributed by atoms with Crippen molar-refractivity contribution in [2.75, 3.05) is 11.1 Å². The molecule has 2 nitrogen and oxygen atoms in total. The molecule has 3 N–H and O–H groups in total. The topological polar surface area (TPSA) is 38.0 Å². The maximum atomic E-state index is 13.3. The molecule has 0 aliphatic heterocycles. The predicted molar refractivity (Wildman–Crippen MR) is 60.4 cm³/mol. The Bertz CT molecular complexity index is 555. The number of nitrogens with two attached hydrogens (primary N) is 1. The van der Waals surface area contributed by atoms with Crippen LogP contribution in [0.2, 0.25) is 0 Å². The molecular formula is C12H8F4N2. The molecule has 18 heavy (non-hydrogen) atoms. The van der Waals surface area contributed by atoms with Gasteiger partial charge in [0.25, 0.3) is 0 Å². The molecule has 6 heteroatoms. The predicted octanol–water partition coefficient (Wildman–Crippen LogP) is 3.57. The Hall–Kier alpha value is -2.24. The molecule has 2 aromatic carbocycles. The monoisotopic (exact) mass is 256 g/mol. The van der Waals surface area contributed by atoms with Crippen LogP contribution in [0.25, 0.3) is 0 Å². The first-order valence-electron chi connectivity index (χ1n) is 4.93. The van der Waals surface area contributed by atoms with E-state index in [1.807, 2.05) is 0 Å².